The summed E-state index contributed by atoms with van der Waals surface area (Å²) in [5.41, 5.74) is 0.0687. The van der Waals surface area contributed by atoms with Gasteiger partial charge in [-0.25, -0.2) is 0 Å². The van der Waals surface area contributed by atoms with E-state index in [1.165, 1.54) is 53.2 Å². The van der Waals surface area contributed by atoms with Crippen LogP contribution in [0.4, 0.5) is 24.5 Å². The number of hydrogen-bond acceptors (Lipinski definition) is 5. The third-order valence-electron chi connectivity index (χ3n) is 5.44. The Morgan fingerprint density at radius 2 is 1.94 bits per heavy atom. The molecule has 0 saturated heterocycles. The second-order valence-electron chi connectivity index (χ2n) is 7.64. The average molecular weight is 469 g/mol. The first-order valence-electron chi connectivity index (χ1n) is 10.1. The van der Waals surface area contributed by atoms with Crippen molar-refractivity contribution in [1.29, 1.82) is 5.26 Å². The van der Waals surface area contributed by atoms with Crippen molar-refractivity contribution in [3.8, 4) is 11.8 Å². The van der Waals surface area contributed by atoms with Crippen LogP contribution in [0.3, 0.4) is 0 Å². The second-order valence-corrected chi connectivity index (χ2v) is 7.64. The highest BCUT2D eigenvalue weighted by Crippen LogP contribution is 2.33. The number of ether oxygens (including phenoxy) is 1. The zero-order valence-electron chi connectivity index (χ0n) is 18.1. The first kappa shape index (κ1) is 22.8. The minimum atomic E-state index is -4.49. The van der Waals surface area contributed by atoms with Crippen LogP contribution in [0.2, 0.25) is 0 Å². The smallest absolute Gasteiger partial charge is 0.416 e. The summed E-state index contributed by atoms with van der Waals surface area (Å²) in [5, 5.41) is 16.0. The third kappa shape index (κ3) is 4.05. The number of hydrogen-bond donors (Lipinski definition) is 1. The van der Waals surface area contributed by atoms with Crippen LogP contribution in [0, 0.1) is 11.3 Å². The van der Waals surface area contributed by atoms with E-state index in [0.717, 1.165) is 12.1 Å². The van der Waals surface area contributed by atoms with Crippen LogP contribution in [-0.2, 0) is 12.7 Å². The molecule has 0 spiro atoms. The fourth-order valence-corrected chi connectivity index (χ4v) is 3.80. The minimum absolute atomic E-state index is 0.0976. The summed E-state index contributed by atoms with van der Waals surface area (Å²) in [6, 6.07) is 10.2. The summed E-state index contributed by atoms with van der Waals surface area (Å²) in [4.78, 5) is 27.5. The minimum Gasteiger partial charge on any atom is -0.495 e. The van der Waals surface area contributed by atoms with Crippen LogP contribution >= 0.6 is 0 Å². The molecule has 0 saturated carbocycles. The molecule has 1 aliphatic rings. The molecule has 1 atom stereocenters. The van der Waals surface area contributed by atoms with Crippen molar-refractivity contribution in [1.82, 2.24) is 9.78 Å². The van der Waals surface area contributed by atoms with Gasteiger partial charge in [-0.2, -0.15) is 23.5 Å². The molecule has 1 N–H and O–H groups in total. The van der Waals surface area contributed by atoms with E-state index in [9.17, 15) is 28.0 Å². The van der Waals surface area contributed by atoms with Gasteiger partial charge in [0.15, 0.2) is 0 Å². The fourth-order valence-electron chi connectivity index (χ4n) is 3.80. The van der Waals surface area contributed by atoms with Crippen LogP contribution in [0.15, 0.2) is 48.7 Å². The molecule has 4 rings (SSSR count). The lowest BCUT2D eigenvalue weighted by molar-refractivity contribution is -0.137. The Bertz CT molecular complexity index is 1310. The zero-order chi connectivity index (χ0) is 24.6. The van der Waals surface area contributed by atoms with Gasteiger partial charge in [0.1, 0.15) is 17.5 Å². The van der Waals surface area contributed by atoms with Gasteiger partial charge in [-0.1, -0.05) is 0 Å². The lowest BCUT2D eigenvalue weighted by Crippen LogP contribution is -2.47. The van der Waals surface area contributed by atoms with E-state index in [4.69, 9.17) is 4.74 Å². The molecule has 0 bridgehead atoms. The third-order valence-corrected chi connectivity index (χ3v) is 5.44. The molecule has 1 aliphatic heterocycles. The number of alkyl halides is 3. The number of anilines is 2. The monoisotopic (exact) mass is 469 g/mol. The van der Waals surface area contributed by atoms with Crippen LogP contribution < -0.4 is 15.0 Å². The number of carbonyl (C=O) groups excluding carboxylic acids is 2. The van der Waals surface area contributed by atoms with Crippen molar-refractivity contribution in [2.45, 2.75) is 25.7 Å². The first-order chi connectivity index (χ1) is 16.1. The van der Waals surface area contributed by atoms with Crippen molar-refractivity contribution in [2.75, 3.05) is 17.3 Å². The van der Waals surface area contributed by atoms with E-state index >= 15 is 0 Å². The maximum Gasteiger partial charge on any atom is 0.416 e. The van der Waals surface area contributed by atoms with Gasteiger partial charge in [-0.15, -0.1) is 0 Å². The normalized spacial score (nSPS) is 15.5. The number of fused-ring (bicyclic) bond motifs is 1. The van der Waals surface area contributed by atoms with Crippen molar-refractivity contribution < 1.29 is 27.5 Å². The fraction of sp³-hybridized carbons (Fsp3) is 0.217. The Morgan fingerprint density at radius 1 is 1.24 bits per heavy atom. The summed E-state index contributed by atoms with van der Waals surface area (Å²) < 4.78 is 45.3. The van der Waals surface area contributed by atoms with E-state index in [-0.39, 0.29) is 35.1 Å². The Balaban J connectivity index is 1.62. The van der Waals surface area contributed by atoms with Crippen molar-refractivity contribution >= 4 is 23.2 Å². The molecule has 0 fully saturated rings. The number of nitriles is 1. The van der Waals surface area contributed by atoms with Gasteiger partial charge in [0.2, 0.25) is 0 Å². The number of benzene rings is 2. The van der Waals surface area contributed by atoms with Crippen LogP contribution in [0.1, 0.15) is 38.9 Å². The van der Waals surface area contributed by atoms with Crippen LogP contribution in [0.5, 0.6) is 5.75 Å². The molecule has 2 heterocycles. The summed E-state index contributed by atoms with van der Waals surface area (Å²) in [5.74, 6) is -0.764. The molecule has 0 aliphatic carbocycles. The Kier molecular flexibility index (Phi) is 5.75. The maximum atomic E-state index is 13.3. The molecular formula is C23H18F3N5O3. The van der Waals surface area contributed by atoms with Crippen LogP contribution in [-0.4, -0.2) is 34.7 Å². The van der Waals surface area contributed by atoms with E-state index in [1.807, 2.05) is 6.07 Å². The highest BCUT2D eigenvalue weighted by Gasteiger charge is 2.36. The van der Waals surface area contributed by atoms with Gasteiger partial charge in [-0.05, 0) is 49.4 Å². The molecule has 0 radical (unpaired) electrons. The number of carbonyl (C=O) groups is 2. The quantitative estimate of drug-likeness (QED) is 0.621. The summed E-state index contributed by atoms with van der Waals surface area (Å²) in [7, 11) is 1.41. The second kappa shape index (κ2) is 8.55. The first-order valence-corrected chi connectivity index (χ1v) is 10.1. The Labute approximate surface area is 192 Å². The van der Waals surface area contributed by atoms with Gasteiger partial charge in [0, 0.05) is 11.3 Å². The zero-order valence-corrected chi connectivity index (χ0v) is 18.1. The summed E-state index contributed by atoms with van der Waals surface area (Å²) in [6.45, 7) is 2.03. The molecule has 2 aromatic carbocycles. The maximum absolute atomic E-state index is 13.3. The highest BCUT2D eigenvalue weighted by atomic mass is 19.4. The number of rotatable bonds is 4. The SMILES string of the molecule is COc1ccc(C(=O)Nc2cnn3c2C(=O)N(c2ccc(C(F)(F)F)cc2)C(C)C3)cc1C#N. The topological polar surface area (TPSA) is 100 Å². The van der Waals surface area contributed by atoms with Crippen molar-refractivity contribution in [3.05, 3.63) is 71.0 Å². The predicted molar refractivity (Wildman–Crippen MR) is 116 cm³/mol. The Hall–Kier alpha value is -4.33. The number of halogens is 3. The number of nitrogens with one attached hydrogen (secondary N) is 1. The highest BCUT2D eigenvalue weighted by molar-refractivity contribution is 6.13. The van der Waals surface area contributed by atoms with Gasteiger partial charge in [0.25, 0.3) is 11.8 Å². The standard InChI is InChI=1S/C23H18F3N5O3/c1-13-12-30-20(22(33)31(13)17-6-4-16(5-7-17)23(24,25)26)18(11-28-30)29-21(32)14-3-8-19(34-2)15(9-14)10-27/h3-9,11,13H,12H2,1-2H3,(H,29,32). The molecule has 3 aromatic rings. The average Bonchev–Trinajstić information content (AvgIpc) is 3.20. The van der Waals surface area contributed by atoms with Gasteiger partial charge in [0.05, 0.1) is 42.7 Å². The van der Waals surface area contributed by atoms with Gasteiger partial charge >= 0.3 is 6.18 Å². The van der Waals surface area contributed by atoms with E-state index in [1.54, 1.807) is 6.92 Å². The molecule has 1 unspecified atom stereocenters. The van der Waals surface area contributed by atoms with E-state index < -0.39 is 23.6 Å². The molecule has 11 heteroatoms. The molecule has 34 heavy (non-hydrogen) atoms. The Morgan fingerprint density at radius 3 is 2.56 bits per heavy atom. The molecule has 2 amide bonds. The predicted octanol–water partition coefficient (Wildman–Crippen LogP) is 4.08. The summed E-state index contributed by atoms with van der Waals surface area (Å²) in [6.07, 6.45) is -3.15. The van der Waals surface area contributed by atoms with Crippen molar-refractivity contribution in [2.24, 2.45) is 0 Å². The lowest BCUT2D eigenvalue weighted by Gasteiger charge is -2.34. The van der Waals surface area contributed by atoms with Gasteiger partial charge in [-0.3, -0.25) is 14.3 Å². The van der Waals surface area contributed by atoms with E-state index in [2.05, 4.69) is 10.4 Å². The number of aromatic nitrogens is 2. The molecular weight excluding hydrogens is 451 g/mol. The van der Waals surface area contributed by atoms with Gasteiger partial charge < -0.3 is 15.0 Å². The molecule has 1 aromatic heterocycles. The largest absolute Gasteiger partial charge is 0.495 e. The van der Waals surface area contributed by atoms with Crippen LogP contribution in [0.25, 0.3) is 0 Å². The number of methoxy groups -OCH3 is 1. The molecule has 8 nitrogen and oxygen atoms in total. The lowest BCUT2D eigenvalue weighted by atomic mass is 10.1. The number of amides is 2. The summed E-state index contributed by atoms with van der Waals surface area (Å²) >= 11 is 0. The van der Waals surface area contributed by atoms with E-state index in [0.29, 0.717) is 11.4 Å². The van der Waals surface area contributed by atoms with Crippen molar-refractivity contribution in [3.63, 3.8) is 0 Å². The molecule has 174 valence electrons. The number of nitrogens with zero attached hydrogens (tertiary/aromatic N) is 4.